The molecule has 0 aliphatic heterocycles. The highest BCUT2D eigenvalue weighted by Crippen LogP contribution is 2.19. The number of nitrogens with one attached hydrogen (secondary N) is 3. The smallest absolute Gasteiger partial charge is 0.408 e. The number of hydrogen-bond donors (Lipinski definition) is 4. The molecule has 0 saturated carbocycles. The summed E-state index contributed by atoms with van der Waals surface area (Å²) >= 11 is 1.50. The normalized spacial score (nSPS) is 13.5. The molecule has 0 aliphatic carbocycles. The lowest BCUT2D eigenvalue weighted by molar-refractivity contribution is -0.142. The lowest BCUT2D eigenvalue weighted by atomic mass is 10.0. The summed E-state index contributed by atoms with van der Waals surface area (Å²) in [6.45, 7) is 5.18. The van der Waals surface area contributed by atoms with Crippen molar-refractivity contribution in [3.8, 4) is 0 Å². The van der Waals surface area contributed by atoms with E-state index in [0.717, 1.165) is 16.5 Å². The predicted molar refractivity (Wildman–Crippen MR) is 118 cm³/mol. The van der Waals surface area contributed by atoms with Gasteiger partial charge in [-0.1, -0.05) is 18.2 Å². The molecule has 9 heteroatoms. The Hall–Kier alpha value is -2.68. The maximum absolute atomic E-state index is 12.9. The van der Waals surface area contributed by atoms with Crippen LogP contribution in [-0.4, -0.2) is 57.8 Å². The van der Waals surface area contributed by atoms with Crippen molar-refractivity contribution in [1.29, 1.82) is 0 Å². The maximum Gasteiger partial charge on any atom is 0.408 e. The van der Waals surface area contributed by atoms with E-state index in [2.05, 4.69) is 15.6 Å². The molecule has 2 atom stereocenters. The molecule has 0 aliphatic rings. The van der Waals surface area contributed by atoms with Gasteiger partial charge in [-0.2, -0.15) is 11.8 Å². The number of carbonyl (C=O) groups excluding carboxylic acids is 2. The fraction of sp³-hybridized carbons (Fsp3) is 0.476. The minimum Gasteiger partial charge on any atom is -0.480 e. The summed E-state index contributed by atoms with van der Waals surface area (Å²) < 4.78 is 5.28. The SMILES string of the molecule is CSCC[C@H](NC(=O)[C@H](Cc1c[nH]c2ccccc12)NC(=O)OC(C)(C)C)C(=O)O. The van der Waals surface area contributed by atoms with Crippen LogP contribution < -0.4 is 10.6 Å². The van der Waals surface area contributed by atoms with E-state index in [1.165, 1.54) is 11.8 Å². The zero-order valence-electron chi connectivity index (χ0n) is 17.7. The van der Waals surface area contributed by atoms with Gasteiger partial charge in [0.2, 0.25) is 5.91 Å². The van der Waals surface area contributed by atoms with Gasteiger partial charge in [0.05, 0.1) is 0 Å². The molecule has 1 aromatic carbocycles. The number of hydrogen-bond acceptors (Lipinski definition) is 5. The summed E-state index contributed by atoms with van der Waals surface area (Å²) in [7, 11) is 0. The third kappa shape index (κ3) is 6.98. The number of amides is 2. The van der Waals surface area contributed by atoms with Crippen molar-refractivity contribution in [1.82, 2.24) is 15.6 Å². The predicted octanol–water partition coefficient (Wildman–Crippen LogP) is 2.93. The van der Waals surface area contributed by atoms with Gasteiger partial charge in [0.25, 0.3) is 0 Å². The Labute approximate surface area is 180 Å². The number of ether oxygens (including phenoxy) is 1. The van der Waals surface area contributed by atoms with Crippen LogP contribution in [0.5, 0.6) is 0 Å². The number of aliphatic carboxylic acids is 1. The summed E-state index contributed by atoms with van der Waals surface area (Å²) in [5.74, 6) is -1.09. The van der Waals surface area contributed by atoms with Gasteiger partial charge in [-0.05, 0) is 50.8 Å². The average molecular weight is 436 g/mol. The average Bonchev–Trinajstić information content (AvgIpc) is 3.05. The van der Waals surface area contributed by atoms with E-state index in [4.69, 9.17) is 4.74 Å². The number of aromatic nitrogens is 1. The van der Waals surface area contributed by atoms with Crippen molar-refractivity contribution >= 4 is 40.6 Å². The minimum absolute atomic E-state index is 0.184. The van der Waals surface area contributed by atoms with Crippen molar-refractivity contribution < 1.29 is 24.2 Å². The second-order valence-electron chi connectivity index (χ2n) is 7.94. The van der Waals surface area contributed by atoms with Gasteiger partial charge in [0.15, 0.2) is 0 Å². The molecular formula is C21H29N3O5S. The highest BCUT2D eigenvalue weighted by atomic mass is 32.2. The number of para-hydroxylation sites is 1. The van der Waals surface area contributed by atoms with Crippen molar-refractivity contribution in [2.24, 2.45) is 0 Å². The van der Waals surface area contributed by atoms with Crippen LogP contribution in [0.3, 0.4) is 0 Å². The van der Waals surface area contributed by atoms with Crippen molar-refractivity contribution in [3.05, 3.63) is 36.0 Å². The third-order valence-electron chi connectivity index (χ3n) is 4.33. The maximum atomic E-state index is 12.9. The molecule has 1 heterocycles. The molecule has 4 N–H and O–H groups in total. The molecule has 2 aromatic rings. The molecule has 0 radical (unpaired) electrons. The molecule has 0 saturated heterocycles. The van der Waals surface area contributed by atoms with Crippen molar-refractivity contribution in [2.45, 2.75) is 51.3 Å². The Morgan fingerprint density at radius 3 is 2.50 bits per heavy atom. The molecule has 30 heavy (non-hydrogen) atoms. The number of fused-ring (bicyclic) bond motifs is 1. The molecule has 0 unspecified atom stereocenters. The quantitative estimate of drug-likeness (QED) is 0.481. The third-order valence-corrected chi connectivity index (χ3v) is 4.98. The molecule has 0 spiro atoms. The number of carbonyl (C=O) groups is 3. The van der Waals surface area contributed by atoms with E-state index < -0.39 is 35.7 Å². The Kier molecular flexibility index (Phi) is 8.16. The van der Waals surface area contributed by atoms with Crippen LogP contribution in [0.15, 0.2) is 30.5 Å². The van der Waals surface area contributed by atoms with Crippen molar-refractivity contribution in [2.75, 3.05) is 12.0 Å². The first-order chi connectivity index (χ1) is 14.1. The fourth-order valence-electron chi connectivity index (χ4n) is 2.94. The van der Waals surface area contributed by atoms with E-state index in [1.54, 1.807) is 27.0 Å². The van der Waals surface area contributed by atoms with E-state index in [0.29, 0.717) is 5.75 Å². The molecule has 2 amide bonds. The van der Waals surface area contributed by atoms with Crippen LogP contribution in [0.1, 0.15) is 32.8 Å². The van der Waals surface area contributed by atoms with Crippen LogP contribution in [0.4, 0.5) is 4.79 Å². The van der Waals surface area contributed by atoms with Gasteiger partial charge in [0.1, 0.15) is 17.7 Å². The number of rotatable bonds is 9. The van der Waals surface area contributed by atoms with Gasteiger partial charge in [-0.25, -0.2) is 9.59 Å². The van der Waals surface area contributed by atoms with Gasteiger partial charge >= 0.3 is 12.1 Å². The lowest BCUT2D eigenvalue weighted by Crippen LogP contribution is -2.53. The minimum atomic E-state index is -1.11. The van der Waals surface area contributed by atoms with Crippen molar-refractivity contribution in [3.63, 3.8) is 0 Å². The Morgan fingerprint density at radius 2 is 1.87 bits per heavy atom. The van der Waals surface area contributed by atoms with Gasteiger partial charge in [-0.3, -0.25) is 4.79 Å². The molecule has 8 nitrogen and oxygen atoms in total. The second-order valence-corrected chi connectivity index (χ2v) is 8.93. The van der Waals surface area contributed by atoms with Gasteiger partial charge < -0.3 is 25.5 Å². The highest BCUT2D eigenvalue weighted by Gasteiger charge is 2.29. The van der Waals surface area contributed by atoms with Crippen LogP contribution >= 0.6 is 11.8 Å². The van der Waals surface area contributed by atoms with E-state index in [1.807, 2.05) is 30.5 Å². The van der Waals surface area contributed by atoms with Crippen LogP contribution in [0.25, 0.3) is 10.9 Å². The summed E-state index contributed by atoms with van der Waals surface area (Å²) in [5.41, 5.74) is 1.01. The Morgan fingerprint density at radius 1 is 1.17 bits per heavy atom. The fourth-order valence-corrected chi connectivity index (χ4v) is 3.42. The summed E-state index contributed by atoms with van der Waals surface area (Å²) in [5, 5.41) is 15.5. The first kappa shape index (κ1) is 23.6. The van der Waals surface area contributed by atoms with Crippen LogP contribution in [-0.2, 0) is 20.7 Å². The first-order valence-electron chi connectivity index (χ1n) is 9.67. The van der Waals surface area contributed by atoms with Gasteiger partial charge in [0, 0.05) is 23.5 Å². The number of alkyl carbamates (subject to hydrolysis) is 1. The molecular weight excluding hydrogens is 406 g/mol. The summed E-state index contributed by atoms with van der Waals surface area (Å²) in [6.07, 6.45) is 3.38. The Balaban J connectivity index is 2.22. The number of carboxylic acid groups (broad SMARTS) is 1. The molecule has 2 rings (SSSR count). The first-order valence-corrected chi connectivity index (χ1v) is 11.1. The second kappa shape index (κ2) is 10.4. The summed E-state index contributed by atoms with van der Waals surface area (Å²) in [4.78, 5) is 39.9. The van der Waals surface area contributed by atoms with E-state index in [-0.39, 0.29) is 12.8 Å². The number of H-pyrrole nitrogens is 1. The highest BCUT2D eigenvalue weighted by molar-refractivity contribution is 7.98. The number of thioether (sulfide) groups is 1. The van der Waals surface area contributed by atoms with Crippen LogP contribution in [0.2, 0.25) is 0 Å². The molecule has 0 fully saturated rings. The van der Waals surface area contributed by atoms with Crippen LogP contribution in [0, 0.1) is 0 Å². The Bertz CT molecular complexity index is 890. The van der Waals surface area contributed by atoms with Gasteiger partial charge in [-0.15, -0.1) is 0 Å². The molecule has 1 aromatic heterocycles. The lowest BCUT2D eigenvalue weighted by Gasteiger charge is -2.24. The zero-order chi connectivity index (χ0) is 22.3. The topological polar surface area (TPSA) is 121 Å². The van der Waals surface area contributed by atoms with E-state index in [9.17, 15) is 19.5 Å². The standard InChI is InChI=1S/C21H29N3O5S/c1-21(2,3)29-20(28)24-17(18(25)23-16(19(26)27)9-10-30-4)11-13-12-22-15-8-6-5-7-14(13)15/h5-8,12,16-17,22H,9-11H2,1-4H3,(H,23,25)(H,24,28)(H,26,27)/t16-,17-/m0/s1. The van der Waals surface area contributed by atoms with E-state index >= 15 is 0 Å². The largest absolute Gasteiger partial charge is 0.480 e. The number of benzene rings is 1. The monoisotopic (exact) mass is 435 g/mol. The zero-order valence-corrected chi connectivity index (χ0v) is 18.5. The number of aromatic amines is 1. The summed E-state index contributed by atoms with van der Waals surface area (Å²) in [6, 6.07) is 5.60. The number of carboxylic acids is 1. The molecule has 0 bridgehead atoms. The molecule has 164 valence electrons.